The molecule has 0 aliphatic carbocycles. The Hall–Kier alpha value is -2.45. The maximum absolute atomic E-state index is 13.3. The quantitative estimate of drug-likeness (QED) is 0.250. The predicted molar refractivity (Wildman–Crippen MR) is 137 cm³/mol. The summed E-state index contributed by atoms with van der Waals surface area (Å²) in [6.07, 6.45) is 2.43. The van der Waals surface area contributed by atoms with E-state index >= 15 is 0 Å². The molecule has 0 saturated heterocycles. The number of nitrogens with zero attached hydrogens (tertiary/aromatic N) is 4. The van der Waals surface area contributed by atoms with E-state index in [9.17, 15) is 4.79 Å². The summed E-state index contributed by atoms with van der Waals surface area (Å²) in [6, 6.07) is 11.1. The number of ether oxygens (including phenoxy) is 2. The van der Waals surface area contributed by atoms with Gasteiger partial charge in [0.15, 0.2) is 18.1 Å². The summed E-state index contributed by atoms with van der Waals surface area (Å²) in [6.45, 7) is 6.32. The van der Waals surface area contributed by atoms with E-state index in [0.717, 1.165) is 20.0 Å². The Balaban J connectivity index is 2.12. The van der Waals surface area contributed by atoms with Crippen molar-refractivity contribution in [2.24, 2.45) is 5.10 Å². The largest absolute Gasteiger partial charge is 0.490 e. The normalized spacial score (nSPS) is 12.1. The summed E-state index contributed by atoms with van der Waals surface area (Å²) < 4.78 is 14.2. The van der Waals surface area contributed by atoms with Crippen LogP contribution in [-0.4, -0.2) is 29.1 Å². The first-order chi connectivity index (χ1) is 15.4. The minimum atomic E-state index is -0.225. The van der Waals surface area contributed by atoms with Gasteiger partial charge >= 0.3 is 0 Å². The van der Waals surface area contributed by atoms with Crippen molar-refractivity contribution in [3.05, 3.63) is 60.1 Å². The van der Waals surface area contributed by atoms with Crippen molar-refractivity contribution >= 4 is 55.6 Å². The van der Waals surface area contributed by atoms with Crippen molar-refractivity contribution in [1.29, 1.82) is 5.26 Å². The summed E-state index contributed by atoms with van der Waals surface area (Å²) in [5.41, 5.74) is 1.15. The van der Waals surface area contributed by atoms with Crippen molar-refractivity contribution in [1.82, 2.24) is 9.66 Å². The Bertz CT molecular complexity index is 1270. The second-order valence-electron chi connectivity index (χ2n) is 7.01. The average molecular weight is 609 g/mol. The van der Waals surface area contributed by atoms with E-state index in [0.29, 0.717) is 34.8 Å². The maximum Gasteiger partial charge on any atom is 0.282 e. The van der Waals surface area contributed by atoms with E-state index < -0.39 is 0 Å². The molecule has 0 N–H and O–H groups in total. The fourth-order valence-electron chi connectivity index (χ4n) is 3.07. The van der Waals surface area contributed by atoms with E-state index in [2.05, 4.69) is 43.6 Å². The zero-order valence-corrected chi connectivity index (χ0v) is 21.7. The second-order valence-corrected chi connectivity index (χ2v) is 9.09. The summed E-state index contributed by atoms with van der Waals surface area (Å²) in [5.74, 6) is 1.69. The minimum absolute atomic E-state index is 0.0498. The lowest BCUT2D eigenvalue weighted by atomic mass is 10.1. The zero-order chi connectivity index (χ0) is 23.3. The number of benzene rings is 2. The number of halogens is 2. The van der Waals surface area contributed by atoms with Gasteiger partial charge in [-0.2, -0.15) is 15.0 Å². The zero-order valence-electron chi connectivity index (χ0n) is 17.9. The Labute approximate surface area is 208 Å². The molecule has 0 saturated carbocycles. The lowest BCUT2D eigenvalue weighted by Crippen LogP contribution is -2.23. The molecule has 0 spiro atoms. The molecule has 1 aromatic heterocycles. The van der Waals surface area contributed by atoms with Crippen molar-refractivity contribution in [2.45, 2.75) is 33.1 Å². The number of nitriles is 1. The highest BCUT2D eigenvalue weighted by molar-refractivity contribution is 14.1. The van der Waals surface area contributed by atoms with Gasteiger partial charge in [0.05, 0.1) is 27.3 Å². The second kappa shape index (κ2) is 10.9. The molecule has 2 aromatic carbocycles. The number of rotatable bonds is 8. The third kappa shape index (κ3) is 5.30. The molecular formula is C23H22BrIN4O3. The van der Waals surface area contributed by atoms with Gasteiger partial charge in [-0.15, -0.1) is 0 Å². The van der Waals surface area contributed by atoms with Crippen LogP contribution in [0.15, 0.2) is 44.7 Å². The molecular weight excluding hydrogens is 587 g/mol. The average Bonchev–Trinajstić information content (AvgIpc) is 2.78. The molecule has 1 atom stereocenters. The Morgan fingerprint density at radius 3 is 2.78 bits per heavy atom. The van der Waals surface area contributed by atoms with Gasteiger partial charge < -0.3 is 9.47 Å². The summed E-state index contributed by atoms with van der Waals surface area (Å²) in [5, 5.41) is 13.8. The van der Waals surface area contributed by atoms with Crippen molar-refractivity contribution in [3.63, 3.8) is 0 Å². The lowest BCUT2D eigenvalue weighted by Gasteiger charge is -2.14. The third-order valence-electron chi connectivity index (χ3n) is 4.82. The van der Waals surface area contributed by atoms with Crippen LogP contribution < -0.4 is 15.0 Å². The van der Waals surface area contributed by atoms with Crippen LogP contribution in [0.25, 0.3) is 10.9 Å². The Kier molecular flexibility index (Phi) is 8.26. The van der Waals surface area contributed by atoms with Gasteiger partial charge in [0, 0.05) is 10.4 Å². The van der Waals surface area contributed by atoms with Crippen LogP contribution in [0.1, 0.15) is 44.5 Å². The first kappa shape index (κ1) is 24.2. The van der Waals surface area contributed by atoms with Crippen LogP contribution >= 0.6 is 38.5 Å². The number of fused-ring (bicyclic) bond motifs is 1. The van der Waals surface area contributed by atoms with Gasteiger partial charge in [-0.3, -0.25) is 4.79 Å². The fourth-order valence-corrected chi connectivity index (χ4v) is 4.22. The van der Waals surface area contributed by atoms with E-state index in [1.54, 1.807) is 18.3 Å². The molecule has 1 heterocycles. The van der Waals surface area contributed by atoms with Gasteiger partial charge in [-0.1, -0.05) is 29.8 Å². The highest BCUT2D eigenvalue weighted by Crippen LogP contribution is 2.34. The maximum atomic E-state index is 13.3. The SMILES string of the molecule is CCOc1cc(C=Nn2c([C@@H](C)CC)nc3ccc(Br)cc3c2=O)cc(I)c1OCC#N. The molecule has 0 fully saturated rings. The molecule has 0 aliphatic rings. The molecule has 32 heavy (non-hydrogen) atoms. The topological polar surface area (TPSA) is 89.5 Å². The van der Waals surface area contributed by atoms with Gasteiger partial charge in [0.25, 0.3) is 5.56 Å². The Morgan fingerprint density at radius 2 is 2.09 bits per heavy atom. The van der Waals surface area contributed by atoms with Crippen LogP contribution in [0.2, 0.25) is 0 Å². The monoisotopic (exact) mass is 608 g/mol. The van der Waals surface area contributed by atoms with Crippen LogP contribution in [0.5, 0.6) is 11.5 Å². The molecule has 0 unspecified atom stereocenters. The van der Waals surface area contributed by atoms with Crippen LogP contribution in [0, 0.1) is 14.9 Å². The van der Waals surface area contributed by atoms with Crippen molar-refractivity contribution < 1.29 is 9.47 Å². The minimum Gasteiger partial charge on any atom is -0.490 e. The first-order valence-corrected chi connectivity index (χ1v) is 12.0. The summed E-state index contributed by atoms with van der Waals surface area (Å²) in [4.78, 5) is 18.0. The van der Waals surface area contributed by atoms with Crippen LogP contribution in [0.3, 0.4) is 0 Å². The van der Waals surface area contributed by atoms with Crippen molar-refractivity contribution in [2.75, 3.05) is 13.2 Å². The molecule has 166 valence electrons. The molecule has 0 aliphatic heterocycles. The van der Waals surface area contributed by atoms with Gasteiger partial charge in [0.2, 0.25) is 0 Å². The molecule has 3 rings (SSSR count). The highest BCUT2D eigenvalue weighted by atomic mass is 127. The van der Waals surface area contributed by atoms with E-state index in [4.69, 9.17) is 19.7 Å². The molecule has 0 amide bonds. The molecule has 3 aromatic rings. The standard InChI is InChI=1S/C23H22BrIN4O3/c1-4-14(3)22-28-19-7-6-16(24)12-17(19)23(30)29(22)27-13-15-10-18(25)21(32-9-8-26)20(11-15)31-5-2/h6-7,10-14H,4-5,9H2,1-3H3/t14-/m0/s1. The number of aromatic nitrogens is 2. The molecule has 7 nitrogen and oxygen atoms in total. The number of hydrogen-bond donors (Lipinski definition) is 0. The Morgan fingerprint density at radius 1 is 1.31 bits per heavy atom. The summed E-state index contributed by atoms with van der Waals surface area (Å²) >= 11 is 5.55. The fraction of sp³-hybridized carbons (Fsp3) is 0.304. The predicted octanol–water partition coefficient (Wildman–Crippen LogP) is 5.46. The van der Waals surface area contributed by atoms with Crippen LogP contribution in [0.4, 0.5) is 0 Å². The highest BCUT2D eigenvalue weighted by Gasteiger charge is 2.16. The number of hydrogen-bond acceptors (Lipinski definition) is 6. The smallest absolute Gasteiger partial charge is 0.282 e. The van der Waals surface area contributed by atoms with Crippen molar-refractivity contribution in [3.8, 4) is 17.6 Å². The molecule has 0 bridgehead atoms. The van der Waals surface area contributed by atoms with Gasteiger partial charge in [-0.05, 0) is 71.8 Å². The third-order valence-corrected chi connectivity index (χ3v) is 6.12. The first-order valence-electron chi connectivity index (χ1n) is 10.1. The summed E-state index contributed by atoms with van der Waals surface area (Å²) in [7, 11) is 0. The van der Waals surface area contributed by atoms with Crippen LogP contribution in [-0.2, 0) is 0 Å². The van der Waals surface area contributed by atoms with E-state index in [-0.39, 0.29) is 18.1 Å². The van der Waals surface area contributed by atoms with E-state index in [1.807, 2.05) is 45.0 Å². The lowest BCUT2D eigenvalue weighted by molar-refractivity contribution is 0.297. The van der Waals surface area contributed by atoms with Gasteiger partial charge in [0.1, 0.15) is 11.9 Å². The molecule has 9 heteroatoms. The molecule has 0 radical (unpaired) electrons. The van der Waals surface area contributed by atoms with E-state index in [1.165, 1.54) is 4.68 Å². The van der Waals surface area contributed by atoms with Gasteiger partial charge in [-0.25, -0.2) is 4.98 Å².